The minimum absolute atomic E-state index is 0.560. The summed E-state index contributed by atoms with van der Waals surface area (Å²) in [5.41, 5.74) is 1.17. The van der Waals surface area contributed by atoms with Crippen LogP contribution in [-0.4, -0.2) is 6.21 Å². The molecule has 2 nitrogen and oxygen atoms in total. The molecule has 0 unspecified atom stereocenters. The Morgan fingerprint density at radius 2 is 1.50 bits per heavy atom. The molecule has 0 N–H and O–H groups in total. The third-order valence-corrected chi connectivity index (χ3v) is 3.86. The number of aliphatic imine (C=N–C) groups is 1. The number of hydrogen-bond donors (Lipinski definition) is 0. The van der Waals surface area contributed by atoms with Gasteiger partial charge >= 0.3 is 0 Å². The second kappa shape index (κ2) is 5.49. The summed E-state index contributed by atoms with van der Waals surface area (Å²) in [5.74, 6) is 0.876. The van der Waals surface area contributed by atoms with E-state index in [-0.39, 0.29) is 0 Å². The van der Waals surface area contributed by atoms with Crippen LogP contribution in [0.2, 0.25) is 0 Å². The quantitative estimate of drug-likeness (QED) is 0.375. The predicted octanol–water partition coefficient (Wildman–Crippen LogP) is 5.21. The first kappa shape index (κ1) is 12.8. The van der Waals surface area contributed by atoms with Crippen LogP contribution in [0.3, 0.4) is 0 Å². The molecule has 4 rings (SSSR count). The first-order valence-corrected chi connectivity index (χ1v) is 7.34. The fourth-order valence-corrected chi connectivity index (χ4v) is 2.82. The minimum Gasteiger partial charge on any atom is -0.467 e. The highest BCUT2D eigenvalue weighted by molar-refractivity contribution is 6.13. The zero-order valence-corrected chi connectivity index (χ0v) is 12.1. The maximum atomic E-state index is 5.33. The van der Waals surface area contributed by atoms with Crippen LogP contribution in [0.5, 0.6) is 0 Å². The van der Waals surface area contributed by atoms with Gasteiger partial charge in [-0.25, -0.2) is 0 Å². The summed E-state index contributed by atoms with van der Waals surface area (Å²) >= 11 is 0. The zero-order valence-electron chi connectivity index (χ0n) is 12.1. The lowest BCUT2D eigenvalue weighted by molar-refractivity contribution is 0.513. The second-order valence-corrected chi connectivity index (χ2v) is 5.28. The van der Waals surface area contributed by atoms with E-state index < -0.39 is 0 Å². The standard InChI is InChI=1S/C20H15NO/c1-3-9-18-15(6-1)12-16-7-2-4-10-19(16)20(18)14-21-13-17-8-5-11-22-17/h1-12,14H,13H2. The van der Waals surface area contributed by atoms with E-state index in [2.05, 4.69) is 59.6 Å². The monoisotopic (exact) mass is 285 g/mol. The van der Waals surface area contributed by atoms with E-state index >= 15 is 0 Å². The van der Waals surface area contributed by atoms with Gasteiger partial charge in [0.15, 0.2) is 0 Å². The number of benzene rings is 3. The Morgan fingerprint density at radius 1 is 0.818 bits per heavy atom. The molecule has 2 heteroatoms. The Labute approximate surface area is 128 Å². The molecule has 1 heterocycles. The summed E-state index contributed by atoms with van der Waals surface area (Å²) < 4.78 is 5.33. The lowest BCUT2D eigenvalue weighted by Crippen LogP contribution is -1.89. The Morgan fingerprint density at radius 3 is 2.14 bits per heavy atom. The van der Waals surface area contributed by atoms with Crippen molar-refractivity contribution in [2.24, 2.45) is 4.99 Å². The Balaban J connectivity index is 1.87. The zero-order chi connectivity index (χ0) is 14.8. The van der Waals surface area contributed by atoms with Crippen LogP contribution in [0.15, 0.2) is 82.4 Å². The van der Waals surface area contributed by atoms with Gasteiger partial charge in [-0.1, -0.05) is 48.5 Å². The van der Waals surface area contributed by atoms with Crippen LogP contribution in [0.1, 0.15) is 11.3 Å². The van der Waals surface area contributed by atoms with Crippen LogP contribution in [0, 0.1) is 0 Å². The molecule has 0 bridgehead atoms. The van der Waals surface area contributed by atoms with Gasteiger partial charge in [-0.2, -0.15) is 0 Å². The number of rotatable bonds is 3. The Hall–Kier alpha value is -2.87. The molecule has 3 aromatic carbocycles. The van der Waals surface area contributed by atoms with Crippen molar-refractivity contribution in [1.82, 2.24) is 0 Å². The van der Waals surface area contributed by atoms with Crippen LogP contribution in [0.25, 0.3) is 21.5 Å². The topological polar surface area (TPSA) is 25.5 Å². The molecule has 4 aromatic rings. The summed E-state index contributed by atoms with van der Waals surface area (Å²) in [4.78, 5) is 4.57. The van der Waals surface area contributed by atoms with Crippen molar-refractivity contribution in [1.29, 1.82) is 0 Å². The van der Waals surface area contributed by atoms with Gasteiger partial charge in [0, 0.05) is 11.8 Å². The number of furan rings is 1. The Kier molecular flexibility index (Phi) is 3.20. The molecule has 0 aliphatic heterocycles. The van der Waals surface area contributed by atoms with E-state index in [9.17, 15) is 0 Å². The normalized spacial score (nSPS) is 11.6. The van der Waals surface area contributed by atoms with E-state index in [0.29, 0.717) is 6.54 Å². The third kappa shape index (κ3) is 2.29. The van der Waals surface area contributed by atoms with Crippen molar-refractivity contribution >= 4 is 27.8 Å². The van der Waals surface area contributed by atoms with Gasteiger partial charge in [-0.15, -0.1) is 0 Å². The van der Waals surface area contributed by atoms with Gasteiger partial charge in [-0.05, 0) is 39.7 Å². The van der Waals surface area contributed by atoms with E-state index in [1.165, 1.54) is 27.1 Å². The van der Waals surface area contributed by atoms with Gasteiger partial charge in [0.1, 0.15) is 5.76 Å². The summed E-state index contributed by atoms with van der Waals surface area (Å²) in [6.07, 6.45) is 3.64. The van der Waals surface area contributed by atoms with E-state index in [0.717, 1.165) is 5.76 Å². The van der Waals surface area contributed by atoms with Crippen LogP contribution >= 0.6 is 0 Å². The van der Waals surface area contributed by atoms with E-state index in [4.69, 9.17) is 4.42 Å². The van der Waals surface area contributed by atoms with Crippen molar-refractivity contribution < 1.29 is 4.42 Å². The van der Waals surface area contributed by atoms with Crippen LogP contribution in [-0.2, 0) is 6.54 Å². The molecule has 0 saturated heterocycles. The van der Waals surface area contributed by atoms with Gasteiger partial charge in [0.2, 0.25) is 0 Å². The van der Waals surface area contributed by atoms with Crippen molar-refractivity contribution in [3.05, 3.63) is 84.3 Å². The molecule has 0 atom stereocenters. The average Bonchev–Trinajstić information content (AvgIpc) is 3.07. The highest BCUT2D eigenvalue weighted by atomic mass is 16.3. The fourth-order valence-electron chi connectivity index (χ4n) is 2.82. The SMILES string of the molecule is C(=NCc1ccco1)c1c2ccccc2cc2ccccc12. The van der Waals surface area contributed by atoms with Gasteiger partial charge in [-0.3, -0.25) is 4.99 Å². The third-order valence-electron chi connectivity index (χ3n) is 3.86. The summed E-state index contributed by atoms with van der Waals surface area (Å²) in [6.45, 7) is 0.560. The smallest absolute Gasteiger partial charge is 0.125 e. The molecule has 0 aliphatic carbocycles. The average molecular weight is 285 g/mol. The molecular formula is C20H15NO. The van der Waals surface area contributed by atoms with Crippen molar-refractivity contribution in [2.75, 3.05) is 0 Å². The molecular weight excluding hydrogens is 270 g/mol. The van der Waals surface area contributed by atoms with Crippen molar-refractivity contribution in [3.63, 3.8) is 0 Å². The molecule has 22 heavy (non-hydrogen) atoms. The Bertz CT molecular complexity index is 898. The van der Waals surface area contributed by atoms with Crippen molar-refractivity contribution in [2.45, 2.75) is 6.54 Å². The number of fused-ring (bicyclic) bond motifs is 2. The molecule has 1 aromatic heterocycles. The van der Waals surface area contributed by atoms with Gasteiger partial charge < -0.3 is 4.42 Å². The first-order valence-electron chi connectivity index (χ1n) is 7.34. The lowest BCUT2D eigenvalue weighted by Gasteiger charge is -2.07. The maximum absolute atomic E-state index is 5.33. The molecule has 0 saturated carbocycles. The second-order valence-electron chi connectivity index (χ2n) is 5.28. The highest BCUT2D eigenvalue weighted by Gasteiger charge is 2.05. The molecule has 106 valence electrons. The van der Waals surface area contributed by atoms with Crippen LogP contribution in [0.4, 0.5) is 0 Å². The van der Waals surface area contributed by atoms with E-state index in [1.807, 2.05) is 18.3 Å². The first-order chi connectivity index (χ1) is 10.9. The van der Waals surface area contributed by atoms with Crippen LogP contribution < -0.4 is 0 Å². The molecule has 0 radical (unpaired) electrons. The molecule has 0 aliphatic rings. The highest BCUT2D eigenvalue weighted by Crippen LogP contribution is 2.27. The van der Waals surface area contributed by atoms with Gasteiger partial charge in [0.05, 0.1) is 12.8 Å². The number of hydrogen-bond acceptors (Lipinski definition) is 2. The largest absolute Gasteiger partial charge is 0.467 e. The van der Waals surface area contributed by atoms with E-state index in [1.54, 1.807) is 6.26 Å². The number of nitrogens with zero attached hydrogens (tertiary/aromatic N) is 1. The summed E-state index contributed by atoms with van der Waals surface area (Å²) in [6, 6.07) is 22.9. The minimum atomic E-state index is 0.560. The van der Waals surface area contributed by atoms with Gasteiger partial charge in [0.25, 0.3) is 0 Å². The summed E-state index contributed by atoms with van der Waals surface area (Å²) in [5, 5.41) is 4.93. The predicted molar refractivity (Wildman–Crippen MR) is 91.5 cm³/mol. The molecule has 0 amide bonds. The van der Waals surface area contributed by atoms with Crippen molar-refractivity contribution in [3.8, 4) is 0 Å². The summed E-state index contributed by atoms with van der Waals surface area (Å²) in [7, 11) is 0. The lowest BCUT2D eigenvalue weighted by atomic mass is 9.97. The fraction of sp³-hybridized carbons (Fsp3) is 0.0500. The maximum Gasteiger partial charge on any atom is 0.125 e. The molecule has 0 spiro atoms. The molecule has 0 fully saturated rings.